The lowest BCUT2D eigenvalue weighted by Gasteiger charge is -2.27. The van der Waals surface area contributed by atoms with Crippen LogP contribution in [0.4, 0.5) is 5.82 Å². The molecule has 1 N–H and O–H groups in total. The zero-order valence-electron chi connectivity index (χ0n) is 17.5. The average molecular weight is 437 g/mol. The summed E-state index contributed by atoms with van der Waals surface area (Å²) in [6, 6.07) is 5.88. The van der Waals surface area contributed by atoms with Gasteiger partial charge in [0.2, 0.25) is 0 Å². The van der Waals surface area contributed by atoms with Crippen molar-refractivity contribution in [1.29, 1.82) is 0 Å². The number of rotatable bonds is 9. The number of aromatic nitrogens is 2. The second-order valence-corrected chi connectivity index (χ2v) is 8.17. The first kappa shape index (κ1) is 22.3. The maximum atomic E-state index is 6.46. The van der Waals surface area contributed by atoms with Gasteiger partial charge in [-0.1, -0.05) is 44.0 Å². The van der Waals surface area contributed by atoms with Gasteiger partial charge in [0.1, 0.15) is 0 Å². The van der Waals surface area contributed by atoms with Crippen molar-refractivity contribution in [3.05, 3.63) is 39.6 Å². The van der Waals surface area contributed by atoms with Gasteiger partial charge >= 0.3 is 0 Å². The third-order valence-corrected chi connectivity index (χ3v) is 5.73. The van der Waals surface area contributed by atoms with Crippen LogP contribution >= 0.6 is 23.2 Å². The Kier molecular flexibility index (Phi) is 8.13. The molecule has 2 heterocycles. The number of benzene rings is 1. The SMILES string of the molecule is CCCOCC1CCCN1Nc1nc(CC)c(-c2ccc(Cl)cc2Cl)nc1CC. The van der Waals surface area contributed by atoms with Crippen LogP contribution in [0.2, 0.25) is 10.0 Å². The smallest absolute Gasteiger partial charge is 0.162 e. The fourth-order valence-corrected chi connectivity index (χ4v) is 4.14. The number of ether oxygens (including phenoxy) is 1. The predicted octanol–water partition coefficient (Wildman–Crippen LogP) is 5.79. The standard InChI is InChI=1S/C22H30Cl2N4O/c1-4-12-29-14-16-8-7-11-28(16)27-22-20(6-3)25-21(19(5-2)26-22)17-10-9-15(23)13-18(17)24/h9-10,13,16H,4-8,11-12,14H2,1-3H3,(H,26,27). The Bertz CT molecular complexity index is 831. The highest BCUT2D eigenvalue weighted by molar-refractivity contribution is 6.36. The minimum atomic E-state index is 0.364. The first-order valence-electron chi connectivity index (χ1n) is 10.5. The first-order chi connectivity index (χ1) is 14.1. The van der Waals surface area contributed by atoms with Crippen molar-refractivity contribution in [3.8, 4) is 11.3 Å². The molecule has 1 unspecified atom stereocenters. The van der Waals surface area contributed by atoms with Gasteiger partial charge in [-0.15, -0.1) is 0 Å². The summed E-state index contributed by atoms with van der Waals surface area (Å²) in [4.78, 5) is 9.90. The highest BCUT2D eigenvalue weighted by atomic mass is 35.5. The van der Waals surface area contributed by atoms with Gasteiger partial charge in [-0.05, 0) is 50.3 Å². The third kappa shape index (κ3) is 5.40. The molecule has 7 heteroatoms. The first-order valence-corrected chi connectivity index (χ1v) is 11.3. The van der Waals surface area contributed by atoms with E-state index in [0.717, 1.165) is 80.3 Å². The van der Waals surface area contributed by atoms with Crippen LogP contribution in [-0.4, -0.2) is 40.8 Å². The van der Waals surface area contributed by atoms with E-state index < -0.39 is 0 Å². The maximum absolute atomic E-state index is 6.46. The molecule has 1 saturated heterocycles. The van der Waals surface area contributed by atoms with Crippen LogP contribution in [0, 0.1) is 0 Å². The number of nitrogens with zero attached hydrogens (tertiary/aromatic N) is 3. The van der Waals surface area contributed by atoms with Crippen LogP contribution in [0.25, 0.3) is 11.3 Å². The number of anilines is 1. The highest BCUT2D eigenvalue weighted by Crippen LogP contribution is 2.33. The molecule has 2 aromatic rings. The van der Waals surface area contributed by atoms with Gasteiger partial charge < -0.3 is 10.2 Å². The summed E-state index contributed by atoms with van der Waals surface area (Å²) < 4.78 is 5.79. The van der Waals surface area contributed by atoms with Crippen LogP contribution < -0.4 is 5.43 Å². The van der Waals surface area contributed by atoms with Crippen molar-refractivity contribution < 1.29 is 4.74 Å². The maximum Gasteiger partial charge on any atom is 0.162 e. The molecule has 1 atom stereocenters. The van der Waals surface area contributed by atoms with E-state index in [-0.39, 0.29) is 0 Å². The van der Waals surface area contributed by atoms with Crippen LogP contribution in [0.5, 0.6) is 0 Å². The molecule has 3 rings (SSSR count). The van der Waals surface area contributed by atoms with Gasteiger partial charge in [0.05, 0.1) is 34.8 Å². The second-order valence-electron chi connectivity index (χ2n) is 7.32. The fraction of sp³-hybridized carbons (Fsp3) is 0.545. The molecule has 1 fully saturated rings. The predicted molar refractivity (Wildman–Crippen MR) is 121 cm³/mol. The lowest BCUT2D eigenvalue weighted by atomic mass is 10.1. The molecule has 1 aromatic carbocycles. The Morgan fingerprint density at radius 2 is 1.93 bits per heavy atom. The van der Waals surface area contributed by atoms with Crippen molar-refractivity contribution in [2.45, 2.75) is 58.9 Å². The zero-order chi connectivity index (χ0) is 20.8. The molecule has 0 amide bonds. The molecular weight excluding hydrogens is 407 g/mol. The Morgan fingerprint density at radius 3 is 2.62 bits per heavy atom. The fourth-order valence-electron chi connectivity index (χ4n) is 3.64. The van der Waals surface area contributed by atoms with E-state index >= 15 is 0 Å². The summed E-state index contributed by atoms with van der Waals surface area (Å²) >= 11 is 12.5. The summed E-state index contributed by atoms with van der Waals surface area (Å²) in [7, 11) is 0. The number of aryl methyl sites for hydroxylation is 2. The van der Waals surface area contributed by atoms with Gasteiger partial charge in [-0.25, -0.2) is 15.0 Å². The normalized spacial score (nSPS) is 17.1. The molecule has 1 aromatic heterocycles. The van der Waals surface area contributed by atoms with E-state index in [2.05, 4.69) is 31.2 Å². The van der Waals surface area contributed by atoms with E-state index in [0.29, 0.717) is 16.1 Å². The molecule has 0 saturated carbocycles. The topological polar surface area (TPSA) is 50.3 Å². The van der Waals surface area contributed by atoms with E-state index in [1.165, 1.54) is 0 Å². The minimum absolute atomic E-state index is 0.364. The molecule has 0 radical (unpaired) electrons. The highest BCUT2D eigenvalue weighted by Gasteiger charge is 2.26. The van der Waals surface area contributed by atoms with Crippen LogP contribution in [0.3, 0.4) is 0 Å². The molecule has 1 aliphatic rings. The molecule has 0 bridgehead atoms. The van der Waals surface area contributed by atoms with Gasteiger partial charge in [0.15, 0.2) is 5.82 Å². The Labute approximate surface area is 183 Å². The Hall–Kier alpha value is -1.40. The molecule has 5 nitrogen and oxygen atoms in total. The van der Waals surface area contributed by atoms with E-state index in [1.54, 1.807) is 6.07 Å². The largest absolute Gasteiger partial charge is 0.380 e. The number of hydrogen-bond acceptors (Lipinski definition) is 5. The molecule has 29 heavy (non-hydrogen) atoms. The summed E-state index contributed by atoms with van der Waals surface area (Å²) in [6.45, 7) is 8.85. The van der Waals surface area contributed by atoms with Gasteiger partial charge in [-0.3, -0.25) is 0 Å². The van der Waals surface area contributed by atoms with E-state index in [9.17, 15) is 0 Å². The van der Waals surface area contributed by atoms with Crippen LogP contribution in [-0.2, 0) is 17.6 Å². The summed E-state index contributed by atoms with van der Waals surface area (Å²) in [5, 5.41) is 3.47. The molecule has 158 valence electrons. The molecule has 1 aliphatic heterocycles. The van der Waals surface area contributed by atoms with Crippen molar-refractivity contribution >= 4 is 29.0 Å². The molecular formula is C22H30Cl2N4O. The zero-order valence-corrected chi connectivity index (χ0v) is 19.0. The Morgan fingerprint density at radius 1 is 1.14 bits per heavy atom. The van der Waals surface area contributed by atoms with E-state index in [4.69, 9.17) is 37.9 Å². The quantitative estimate of drug-likeness (QED) is 0.503. The van der Waals surface area contributed by atoms with Crippen molar-refractivity contribution in [2.24, 2.45) is 0 Å². The number of halogens is 2. The minimum Gasteiger partial charge on any atom is -0.380 e. The number of hydrazine groups is 1. The molecule has 0 spiro atoms. The monoisotopic (exact) mass is 436 g/mol. The lowest BCUT2D eigenvalue weighted by molar-refractivity contribution is 0.0856. The lowest BCUT2D eigenvalue weighted by Crippen LogP contribution is -2.38. The van der Waals surface area contributed by atoms with Gasteiger partial charge in [0.25, 0.3) is 0 Å². The third-order valence-electron chi connectivity index (χ3n) is 5.18. The van der Waals surface area contributed by atoms with Crippen molar-refractivity contribution in [1.82, 2.24) is 15.0 Å². The summed E-state index contributed by atoms with van der Waals surface area (Å²) in [5.74, 6) is 0.834. The van der Waals surface area contributed by atoms with Crippen LogP contribution in [0.1, 0.15) is 51.4 Å². The van der Waals surface area contributed by atoms with Crippen LogP contribution in [0.15, 0.2) is 18.2 Å². The average Bonchev–Trinajstić information content (AvgIpc) is 3.15. The number of hydrogen-bond donors (Lipinski definition) is 1. The van der Waals surface area contributed by atoms with E-state index in [1.807, 2.05) is 12.1 Å². The van der Waals surface area contributed by atoms with Gasteiger partial charge in [0, 0.05) is 23.7 Å². The summed E-state index contributed by atoms with van der Waals surface area (Å²) in [6.07, 6.45) is 4.87. The van der Waals surface area contributed by atoms with Gasteiger partial charge in [-0.2, -0.15) is 0 Å². The van der Waals surface area contributed by atoms with Crippen molar-refractivity contribution in [3.63, 3.8) is 0 Å². The van der Waals surface area contributed by atoms with Crippen molar-refractivity contribution in [2.75, 3.05) is 25.2 Å². The second kappa shape index (κ2) is 10.6. The molecule has 0 aliphatic carbocycles. The summed E-state index contributed by atoms with van der Waals surface area (Å²) in [5.41, 5.74) is 7.10. The number of nitrogens with one attached hydrogen (secondary N) is 1. The Balaban J connectivity index is 1.88.